The molecule has 0 radical (unpaired) electrons. The number of anilines is 2. The predicted octanol–water partition coefficient (Wildman–Crippen LogP) is 3.03. The molecule has 3 N–H and O–H groups in total. The standard InChI is InChI=1S/C17H27N3O/c1-3-5-14-8-10-20(12-14)11-9-17(21)19-16-7-4-6-15(18)13(16)2/h4,6-7,14H,3,5,8-12,18H2,1-2H3,(H,19,21). The van der Waals surface area contributed by atoms with Gasteiger partial charge in [0.15, 0.2) is 0 Å². The molecule has 1 aliphatic rings. The molecule has 2 rings (SSSR count). The van der Waals surface area contributed by atoms with Crippen LogP contribution in [0, 0.1) is 12.8 Å². The van der Waals surface area contributed by atoms with E-state index in [9.17, 15) is 4.79 Å². The fraction of sp³-hybridized carbons (Fsp3) is 0.588. The normalized spacial score (nSPS) is 18.9. The Morgan fingerprint density at radius 2 is 2.29 bits per heavy atom. The number of benzene rings is 1. The zero-order valence-electron chi connectivity index (χ0n) is 13.2. The molecule has 0 aliphatic carbocycles. The molecule has 116 valence electrons. The van der Waals surface area contributed by atoms with Crippen molar-refractivity contribution in [1.29, 1.82) is 0 Å². The van der Waals surface area contributed by atoms with E-state index in [0.29, 0.717) is 6.42 Å². The van der Waals surface area contributed by atoms with Gasteiger partial charge in [-0.15, -0.1) is 0 Å². The highest BCUT2D eigenvalue weighted by Gasteiger charge is 2.21. The highest BCUT2D eigenvalue weighted by Crippen LogP contribution is 2.22. The Morgan fingerprint density at radius 3 is 3.05 bits per heavy atom. The molecule has 1 aliphatic heterocycles. The molecule has 1 aromatic rings. The van der Waals surface area contributed by atoms with Crippen LogP contribution in [0.1, 0.15) is 38.2 Å². The van der Waals surface area contributed by atoms with Crippen LogP contribution in [0.25, 0.3) is 0 Å². The first-order chi connectivity index (χ1) is 10.1. The van der Waals surface area contributed by atoms with Crippen LogP contribution in [0.5, 0.6) is 0 Å². The molecule has 0 saturated carbocycles. The van der Waals surface area contributed by atoms with Gasteiger partial charge in [0.2, 0.25) is 5.91 Å². The first-order valence-electron chi connectivity index (χ1n) is 7.97. The molecule has 1 aromatic carbocycles. The van der Waals surface area contributed by atoms with Gasteiger partial charge in [-0.1, -0.05) is 19.4 Å². The second-order valence-corrected chi connectivity index (χ2v) is 6.06. The molecule has 0 aromatic heterocycles. The topological polar surface area (TPSA) is 58.4 Å². The van der Waals surface area contributed by atoms with Crippen LogP contribution >= 0.6 is 0 Å². The zero-order valence-corrected chi connectivity index (χ0v) is 13.2. The third-order valence-electron chi connectivity index (χ3n) is 4.37. The smallest absolute Gasteiger partial charge is 0.225 e. The van der Waals surface area contributed by atoms with Gasteiger partial charge in [-0.05, 0) is 49.9 Å². The van der Waals surface area contributed by atoms with E-state index in [1.807, 2.05) is 25.1 Å². The van der Waals surface area contributed by atoms with Crippen LogP contribution < -0.4 is 11.1 Å². The highest BCUT2D eigenvalue weighted by molar-refractivity contribution is 5.92. The van der Waals surface area contributed by atoms with E-state index in [1.54, 1.807) is 0 Å². The zero-order chi connectivity index (χ0) is 15.2. The van der Waals surface area contributed by atoms with Gasteiger partial charge in [-0.2, -0.15) is 0 Å². The summed E-state index contributed by atoms with van der Waals surface area (Å²) in [5.41, 5.74) is 8.34. The first-order valence-corrected chi connectivity index (χ1v) is 7.97. The molecular formula is C17H27N3O. The molecule has 4 nitrogen and oxygen atoms in total. The molecule has 0 bridgehead atoms. The van der Waals surface area contributed by atoms with Crippen molar-refractivity contribution in [2.24, 2.45) is 5.92 Å². The number of nitrogens with one attached hydrogen (secondary N) is 1. The second-order valence-electron chi connectivity index (χ2n) is 6.06. The summed E-state index contributed by atoms with van der Waals surface area (Å²) >= 11 is 0. The fourth-order valence-corrected chi connectivity index (χ4v) is 3.02. The number of rotatable bonds is 6. The average Bonchev–Trinajstić information content (AvgIpc) is 2.90. The predicted molar refractivity (Wildman–Crippen MR) is 88.3 cm³/mol. The average molecular weight is 289 g/mol. The summed E-state index contributed by atoms with van der Waals surface area (Å²) in [5.74, 6) is 0.900. The Bertz CT molecular complexity index is 487. The van der Waals surface area contributed by atoms with Crippen molar-refractivity contribution in [3.8, 4) is 0 Å². The number of nitrogens with two attached hydrogens (primary N) is 1. The minimum Gasteiger partial charge on any atom is -0.398 e. The third kappa shape index (κ3) is 4.46. The Kier molecular flexibility index (Phi) is 5.62. The van der Waals surface area contributed by atoms with Crippen LogP contribution in [-0.2, 0) is 4.79 Å². The summed E-state index contributed by atoms with van der Waals surface area (Å²) in [6, 6.07) is 5.62. The van der Waals surface area contributed by atoms with E-state index in [2.05, 4.69) is 17.1 Å². The summed E-state index contributed by atoms with van der Waals surface area (Å²) in [7, 11) is 0. The number of amides is 1. The Labute approximate surface area is 127 Å². The number of likely N-dealkylation sites (tertiary alicyclic amines) is 1. The molecule has 1 saturated heterocycles. The number of nitrogens with zero attached hydrogens (tertiary/aromatic N) is 1. The second kappa shape index (κ2) is 7.46. The summed E-state index contributed by atoms with van der Waals surface area (Å²) in [4.78, 5) is 14.5. The molecule has 1 heterocycles. The van der Waals surface area contributed by atoms with Crippen LogP contribution in [-0.4, -0.2) is 30.4 Å². The minimum absolute atomic E-state index is 0.0719. The van der Waals surface area contributed by atoms with E-state index in [4.69, 9.17) is 5.73 Å². The minimum atomic E-state index is 0.0719. The van der Waals surface area contributed by atoms with Crippen molar-refractivity contribution in [2.75, 3.05) is 30.7 Å². The Hall–Kier alpha value is -1.55. The first kappa shape index (κ1) is 15.8. The van der Waals surface area contributed by atoms with Gasteiger partial charge in [-0.25, -0.2) is 0 Å². The summed E-state index contributed by atoms with van der Waals surface area (Å²) < 4.78 is 0. The molecular weight excluding hydrogens is 262 g/mol. The number of hydrogen-bond donors (Lipinski definition) is 2. The van der Waals surface area contributed by atoms with Gasteiger partial charge in [0.05, 0.1) is 0 Å². The molecule has 21 heavy (non-hydrogen) atoms. The lowest BCUT2D eigenvalue weighted by atomic mass is 10.0. The van der Waals surface area contributed by atoms with Gasteiger partial charge in [0, 0.05) is 30.9 Å². The SMILES string of the molecule is CCCC1CCN(CCC(=O)Nc2cccc(N)c2C)C1. The largest absolute Gasteiger partial charge is 0.398 e. The van der Waals surface area contributed by atoms with Crippen molar-refractivity contribution in [3.63, 3.8) is 0 Å². The number of carbonyl (C=O) groups is 1. The lowest BCUT2D eigenvalue weighted by molar-refractivity contribution is -0.116. The van der Waals surface area contributed by atoms with Gasteiger partial charge >= 0.3 is 0 Å². The van der Waals surface area contributed by atoms with Crippen molar-refractivity contribution in [3.05, 3.63) is 23.8 Å². The molecule has 4 heteroatoms. The van der Waals surface area contributed by atoms with Crippen LogP contribution in [0.3, 0.4) is 0 Å². The fourth-order valence-electron chi connectivity index (χ4n) is 3.02. The Balaban J connectivity index is 1.77. The van der Waals surface area contributed by atoms with Crippen LogP contribution in [0.4, 0.5) is 11.4 Å². The van der Waals surface area contributed by atoms with Gasteiger partial charge in [-0.3, -0.25) is 4.79 Å². The Morgan fingerprint density at radius 1 is 1.48 bits per heavy atom. The van der Waals surface area contributed by atoms with Crippen molar-refractivity contribution in [2.45, 2.75) is 39.5 Å². The van der Waals surface area contributed by atoms with Crippen LogP contribution in [0.15, 0.2) is 18.2 Å². The maximum atomic E-state index is 12.1. The third-order valence-corrected chi connectivity index (χ3v) is 4.37. The van der Waals surface area contributed by atoms with E-state index < -0.39 is 0 Å². The lowest BCUT2D eigenvalue weighted by Gasteiger charge is -2.16. The lowest BCUT2D eigenvalue weighted by Crippen LogP contribution is -2.26. The van der Waals surface area contributed by atoms with Crippen molar-refractivity contribution < 1.29 is 4.79 Å². The molecule has 1 amide bonds. The van der Waals surface area contributed by atoms with E-state index in [-0.39, 0.29) is 5.91 Å². The van der Waals surface area contributed by atoms with E-state index in [1.165, 1.54) is 19.3 Å². The number of carbonyl (C=O) groups excluding carboxylic acids is 1. The quantitative estimate of drug-likeness (QED) is 0.791. The monoisotopic (exact) mass is 289 g/mol. The van der Waals surface area contributed by atoms with Gasteiger partial charge < -0.3 is 16.0 Å². The molecule has 0 spiro atoms. The van der Waals surface area contributed by atoms with Crippen molar-refractivity contribution in [1.82, 2.24) is 4.90 Å². The maximum absolute atomic E-state index is 12.1. The summed E-state index contributed by atoms with van der Waals surface area (Å²) in [6.45, 7) is 7.31. The van der Waals surface area contributed by atoms with Crippen molar-refractivity contribution >= 4 is 17.3 Å². The van der Waals surface area contributed by atoms with Gasteiger partial charge in [0.1, 0.15) is 0 Å². The molecule has 1 unspecified atom stereocenters. The summed E-state index contributed by atoms with van der Waals surface area (Å²) in [5, 5.41) is 2.97. The molecule has 1 fully saturated rings. The van der Waals surface area contributed by atoms with E-state index >= 15 is 0 Å². The molecule has 1 atom stereocenters. The highest BCUT2D eigenvalue weighted by atomic mass is 16.1. The summed E-state index contributed by atoms with van der Waals surface area (Å²) in [6.07, 6.45) is 4.40. The maximum Gasteiger partial charge on any atom is 0.225 e. The number of hydrogen-bond acceptors (Lipinski definition) is 3. The van der Waals surface area contributed by atoms with Crippen LogP contribution in [0.2, 0.25) is 0 Å². The van der Waals surface area contributed by atoms with E-state index in [0.717, 1.165) is 42.5 Å². The van der Waals surface area contributed by atoms with Gasteiger partial charge in [0.25, 0.3) is 0 Å². The number of nitrogen functional groups attached to an aromatic ring is 1.